The summed E-state index contributed by atoms with van der Waals surface area (Å²) in [5, 5.41) is 0. The summed E-state index contributed by atoms with van der Waals surface area (Å²) >= 11 is 0. The second-order valence-corrected chi connectivity index (χ2v) is 5.09. The van der Waals surface area contributed by atoms with Gasteiger partial charge in [-0.2, -0.15) is 0 Å². The van der Waals surface area contributed by atoms with Crippen molar-refractivity contribution in [2.75, 3.05) is 6.54 Å². The average Bonchev–Trinajstić information content (AvgIpc) is 2.38. The third kappa shape index (κ3) is 2.53. The zero-order chi connectivity index (χ0) is 13.1. The van der Waals surface area contributed by atoms with E-state index in [1.54, 1.807) is 6.20 Å². The van der Waals surface area contributed by atoms with Gasteiger partial charge in [0.25, 0.3) is 5.91 Å². The molecule has 1 fully saturated rings. The zero-order valence-corrected chi connectivity index (χ0v) is 11.1. The van der Waals surface area contributed by atoms with Crippen molar-refractivity contribution in [2.24, 2.45) is 5.73 Å². The maximum absolute atomic E-state index is 12.5. The fraction of sp³-hybridized carbons (Fsp3) is 0.571. The number of nitrogens with two attached hydrogens (primary N) is 1. The first-order chi connectivity index (χ1) is 8.61. The minimum absolute atomic E-state index is 0.0123. The van der Waals surface area contributed by atoms with Crippen LogP contribution in [0, 0.1) is 6.92 Å². The highest BCUT2D eigenvalue weighted by Gasteiger charge is 2.30. The van der Waals surface area contributed by atoms with E-state index in [0.29, 0.717) is 5.69 Å². The lowest BCUT2D eigenvalue weighted by Gasteiger charge is -2.38. The van der Waals surface area contributed by atoms with Gasteiger partial charge in [-0.1, -0.05) is 6.07 Å². The van der Waals surface area contributed by atoms with Crippen LogP contribution in [0.1, 0.15) is 42.2 Å². The smallest absolute Gasteiger partial charge is 0.273 e. The van der Waals surface area contributed by atoms with Gasteiger partial charge >= 0.3 is 0 Å². The molecule has 1 amide bonds. The lowest BCUT2D eigenvalue weighted by molar-refractivity contribution is 0.0577. The molecule has 1 aromatic rings. The van der Waals surface area contributed by atoms with E-state index in [2.05, 4.69) is 4.98 Å². The van der Waals surface area contributed by atoms with Gasteiger partial charge in [0.2, 0.25) is 0 Å². The molecule has 2 heterocycles. The maximum atomic E-state index is 12.5. The topological polar surface area (TPSA) is 59.2 Å². The largest absolute Gasteiger partial charge is 0.333 e. The van der Waals surface area contributed by atoms with Crippen molar-refractivity contribution in [3.8, 4) is 0 Å². The van der Waals surface area contributed by atoms with Crippen LogP contribution in [0.15, 0.2) is 18.3 Å². The summed E-state index contributed by atoms with van der Waals surface area (Å²) in [6.07, 6.45) is 4.87. The second-order valence-electron chi connectivity index (χ2n) is 5.09. The van der Waals surface area contributed by atoms with Crippen LogP contribution in [-0.2, 0) is 0 Å². The Morgan fingerprint density at radius 2 is 2.33 bits per heavy atom. The maximum Gasteiger partial charge on any atom is 0.273 e. The van der Waals surface area contributed by atoms with Gasteiger partial charge in [-0.25, -0.2) is 0 Å². The van der Waals surface area contributed by atoms with E-state index >= 15 is 0 Å². The van der Waals surface area contributed by atoms with Crippen molar-refractivity contribution in [1.29, 1.82) is 0 Å². The van der Waals surface area contributed by atoms with Gasteiger partial charge < -0.3 is 10.6 Å². The summed E-state index contributed by atoms with van der Waals surface area (Å²) in [5.74, 6) is 0.0232. The number of pyridine rings is 1. The highest BCUT2D eigenvalue weighted by atomic mass is 16.2. The first-order valence-corrected chi connectivity index (χ1v) is 6.59. The number of hydrogen-bond donors (Lipinski definition) is 1. The van der Waals surface area contributed by atoms with Gasteiger partial charge in [-0.05, 0) is 44.7 Å². The number of amides is 1. The molecule has 2 atom stereocenters. The number of nitrogens with zero attached hydrogens (tertiary/aromatic N) is 2. The van der Waals surface area contributed by atoms with Crippen molar-refractivity contribution >= 4 is 5.91 Å². The number of aryl methyl sites for hydroxylation is 1. The minimum atomic E-state index is 0.0123. The quantitative estimate of drug-likeness (QED) is 0.866. The molecular formula is C14H21N3O. The van der Waals surface area contributed by atoms with Crippen LogP contribution in [0.25, 0.3) is 0 Å². The number of rotatable bonds is 2. The number of carbonyl (C=O) groups is 1. The van der Waals surface area contributed by atoms with Crippen LogP contribution < -0.4 is 5.73 Å². The van der Waals surface area contributed by atoms with E-state index < -0.39 is 0 Å². The molecule has 0 aromatic carbocycles. The Labute approximate surface area is 108 Å². The molecule has 4 heteroatoms. The molecular weight excluding hydrogens is 226 g/mol. The highest BCUT2D eigenvalue weighted by molar-refractivity contribution is 5.94. The van der Waals surface area contributed by atoms with Gasteiger partial charge in [0.1, 0.15) is 5.69 Å². The molecule has 18 heavy (non-hydrogen) atoms. The molecule has 2 unspecified atom stereocenters. The molecule has 0 bridgehead atoms. The Morgan fingerprint density at radius 3 is 3.00 bits per heavy atom. The van der Waals surface area contributed by atoms with E-state index in [1.165, 1.54) is 0 Å². The molecule has 2 rings (SSSR count). The molecule has 1 aliphatic rings. The van der Waals surface area contributed by atoms with Crippen LogP contribution in [0.3, 0.4) is 0 Å². The normalized spacial score (nSPS) is 21.7. The number of aromatic nitrogens is 1. The molecule has 0 aliphatic carbocycles. The van der Waals surface area contributed by atoms with Gasteiger partial charge in [0.05, 0.1) is 0 Å². The van der Waals surface area contributed by atoms with E-state index in [-0.39, 0.29) is 18.0 Å². The summed E-state index contributed by atoms with van der Waals surface area (Å²) in [4.78, 5) is 18.7. The van der Waals surface area contributed by atoms with Gasteiger partial charge in [0, 0.05) is 24.8 Å². The van der Waals surface area contributed by atoms with Crippen molar-refractivity contribution in [1.82, 2.24) is 9.88 Å². The van der Waals surface area contributed by atoms with Crippen LogP contribution in [0.2, 0.25) is 0 Å². The van der Waals surface area contributed by atoms with Crippen LogP contribution in [0.4, 0.5) is 0 Å². The number of piperidine rings is 1. The third-order valence-corrected chi connectivity index (χ3v) is 3.63. The van der Waals surface area contributed by atoms with Crippen molar-refractivity contribution in [3.05, 3.63) is 29.6 Å². The predicted molar refractivity (Wildman–Crippen MR) is 71.3 cm³/mol. The molecule has 98 valence electrons. The van der Waals surface area contributed by atoms with E-state index in [0.717, 1.165) is 31.4 Å². The van der Waals surface area contributed by atoms with Crippen LogP contribution >= 0.6 is 0 Å². The van der Waals surface area contributed by atoms with E-state index in [9.17, 15) is 4.79 Å². The summed E-state index contributed by atoms with van der Waals surface area (Å²) in [6, 6.07) is 3.93. The van der Waals surface area contributed by atoms with Crippen molar-refractivity contribution in [2.45, 2.75) is 45.2 Å². The lowest BCUT2D eigenvalue weighted by Crippen LogP contribution is -2.52. The average molecular weight is 247 g/mol. The standard InChI is InChI=1S/C14H21N3O/c1-10-6-5-8-16-13(10)14(18)17-9-4-3-7-12(17)11(2)15/h5-6,8,11-12H,3-4,7,9,15H2,1-2H3. The fourth-order valence-corrected chi connectivity index (χ4v) is 2.60. The summed E-state index contributed by atoms with van der Waals surface area (Å²) in [5.41, 5.74) is 7.48. The minimum Gasteiger partial charge on any atom is -0.333 e. The predicted octanol–water partition coefficient (Wildman–Crippen LogP) is 1.73. The Bertz CT molecular complexity index is 431. The Hall–Kier alpha value is -1.42. The first-order valence-electron chi connectivity index (χ1n) is 6.59. The molecule has 1 aliphatic heterocycles. The Kier molecular flexibility index (Phi) is 3.97. The van der Waals surface area contributed by atoms with Crippen molar-refractivity contribution in [3.63, 3.8) is 0 Å². The first kappa shape index (κ1) is 13.0. The van der Waals surface area contributed by atoms with Crippen LogP contribution in [-0.4, -0.2) is 34.4 Å². The number of carbonyl (C=O) groups excluding carboxylic acids is 1. The molecule has 0 spiro atoms. The Morgan fingerprint density at radius 1 is 1.56 bits per heavy atom. The van der Waals surface area contributed by atoms with Gasteiger partial charge in [-0.3, -0.25) is 9.78 Å². The fourth-order valence-electron chi connectivity index (χ4n) is 2.60. The summed E-state index contributed by atoms with van der Waals surface area (Å²) < 4.78 is 0. The lowest BCUT2D eigenvalue weighted by atomic mass is 9.96. The zero-order valence-electron chi connectivity index (χ0n) is 11.1. The number of likely N-dealkylation sites (tertiary alicyclic amines) is 1. The number of hydrogen-bond acceptors (Lipinski definition) is 3. The molecule has 0 saturated carbocycles. The van der Waals surface area contributed by atoms with E-state index in [1.807, 2.05) is 30.9 Å². The Balaban J connectivity index is 2.24. The highest BCUT2D eigenvalue weighted by Crippen LogP contribution is 2.21. The van der Waals surface area contributed by atoms with Gasteiger partial charge in [0.15, 0.2) is 0 Å². The van der Waals surface area contributed by atoms with Crippen LogP contribution in [0.5, 0.6) is 0 Å². The van der Waals surface area contributed by atoms with Gasteiger partial charge in [-0.15, -0.1) is 0 Å². The summed E-state index contributed by atoms with van der Waals surface area (Å²) in [6.45, 7) is 4.69. The van der Waals surface area contributed by atoms with Crippen molar-refractivity contribution < 1.29 is 4.79 Å². The summed E-state index contributed by atoms with van der Waals surface area (Å²) in [7, 11) is 0. The molecule has 1 saturated heterocycles. The molecule has 2 N–H and O–H groups in total. The molecule has 4 nitrogen and oxygen atoms in total. The second kappa shape index (κ2) is 5.48. The monoisotopic (exact) mass is 247 g/mol. The SMILES string of the molecule is Cc1cccnc1C(=O)N1CCCCC1C(C)N. The molecule has 1 aromatic heterocycles. The van der Waals surface area contributed by atoms with E-state index in [4.69, 9.17) is 5.73 Å². The third-order valence-electron chi connectivity index (χ3n) is 3.63. The molecule has 0 radical (unpaired) electrons.